The van der Waals surface area contributed by atoms with Crippen molar-refractivity contribution in [2.24, 2.45) is 5.73 Å². The monoisotopic (exact) mass is 178 g/mol. The zero-order chi connectivity index (χ0) is 9.10. The number of hydrogen-bond donors (Lipinski definition) is 1. The van der Waals surface area contributed by atoms with Crippen LogP contribution in [0.1, 0.15) is 12.8 Å². The van der Waals surface area contributed by atoms with Crippen molar-refractivity contribution >= 4 is 5.82 Å². The minimum Gasteiger partial charge on any atom is -0.352 e. The molecule has 13 heavy (non-hydrogen) atoms. The predicted molar refractivity (Wildman–Crippen MR) is 51.5 cm³/mol. The molecule has 1 fully saturated rings. The second kappa shape index (κ2) is 3.70. The van der Waals surface area contributed by atoms with Crippen LogP contribution in [-0.4, -0.2) is 29.1 Å². The third-order valence-corrected chi connectivity index (χ3v) is 2.22. The molecule has 0 aliphatic heterocycles. The summed E-state index contributed by atoms with van der Waals surface area (Å²) in [5.41, 5.74) is 5.55. The standard InChI is InChI=1S/C9H14N4/c10-4-6-13(8-1-2-8)9-3-5-11-7-12-9/h3,5,7-8H,1-2,4,6,10H2. The third kappa shape index (κ3) is 1.95. The Labute approximate surface area is 77.8 Å². The number of nitrogens with zero attached hydrogens (tertiary/aromatic N) is 3. The van der Waals surface area contributed by atoms with Crippen molar-refractivity contribution in [1.82, 2.24) is 9.97 Å². The van der Waals surface area contributed by atoms with Gasteiger partial charge in [-0.3, -0.25) is 0 Å². The molecule has 1 aromatic rings. The highest BCUT2D eigenvalue weighted by molar-refractivity contribution is 5.39. The summed E-state index contributed by atoms with van der Waals surface area (Å²) >= 11 is 0. The summed E-state index contributed by atoms with van der Waals surface area (Å²) in [6.45, 7) is 1.57. The van der Waals surface area contributed by atoms with Gasteiger partial charge < -0.3 is 10.6 Å². The highest BCUT2D eigenvalue weighted by Crippen LogP contribution is 2.29. The average Bonchev–Trinajstić information content (AvgIpc) is 2.99. The van der Waals surface area contributed by atoms with Crippen molar-refractivity contribution in [3.63, 3.8) is 0 Å². The van der Waals surface area contributed by atoms with Gasteiger partial charge in [0.05, 0.1) is 0 Å². The van der Waals surface area contributed by atoms with Gasteiger partial charge >= 0.3 is 0 Å². The van der Waals surface area contributed by atoms with Crippen molar-refractivity contribution in [2.45, 2.75) is 18.9 Å². The minimum absolute atomic E-state index is 0.665. The molecule has 1 saturated carbocycles. The van der Waals surface area contributed by atoms with Crippen LogP contribution >= 0.6 is 0 Å². The first kappa shape index (κ1) is 8.44. The SMILES string of the molecule is NCCN(c1ccncn1)C1CC1. The molecule has 1 aliphatic carbocycles. The van der Waals surface area contributed by atoms with Crippen molar-refractivity contribution in [3.8, 4) is 0 Å². The Hall–Kier alpha value is -1.16. The van der Waals surface area contributed by atoms with Gasteiger partial charge in [0.15, 0.2) is 0 Å². The van der Waals surface area contributed by atoms with E-state index >= 15 is 0 Å². The van der Waals surface area contributed by atoms with E-state index in [1.807, 2.05) is 6.07 Å². The number of aromatic nitrogens is 2. The number of anilines is 1. The van der Waals surface area contributed by atoms with Crippen molar-refractivity contribution in [3.05, 3.63) is 18.6 Å². The van der Waals surface area contributed by atoms with E-state index in [0.717, 1.165) is 12.4 Å². The Bertz CT molecular complexity index is 258. The summed E-state index contributed by atoms with van der Waals surface area (Å²) < 4.78 is 0. The molecular weight excluding hydrogens is 164 g/mol. The average molecular weight is 178 g/mol. The van der Waals surface area contributed by atoms with Crippen molar-refractivity contribution in [1.29, 1.82) is 0 Å². The lowest BCUT2D eigenvalue weighted by Gasteiger charge is -2.21. The van der Waals surface area contributed by atoms with Crippen LogP contribution in [0.15, 0.2) is 18.6 Å². The zero-order valence-corrected chi connectivity index (χ0v) is 7.56. The summed E-state index contributed by atoms with van der Waals surface area (Å²) in [5.74, 6) is 1.00. The molecule has 4 nitrogen and oxygen atoms in total. The van der Waals surface area contributed by atoms with E-state index in [9.17, 15) is 0 Å². The summed E-state index contributed by atoms with van der Waals surface area (Å²) in [6, 6.07) is 2.60. The maximum absolute atomic E-state index is 5.55. The Balaban J connectivity index is 2.10. The molecule has 70 valence electrons. The Morgan fingerprint density at radius 3 is 2.92 bits per heavy atom. The molecule has 0 radical (unpaired) electrons. The van der Waals surface area contributed by atoms with Crippen molar-refractivity contribution < 1.29 is 0 Å². The lowest BCUT2D eigenvalue weighted by molar-refractivity contribution is 0.769. The van der Waals surface area contributed by atoms with E-state index in [-0.39, 0.29) is 0 Å². The molecule has 0 atom stereocenters. The first-order valence-corrected chi connectivity index (χ1v) is 4.64. The fourth-order valence-electron chi connectivity index (χ4n) is 1.46. The van der Waals surface area contributed by atoms with Crippen LogP contribution in [0.5, 0.6) is 0 Å². The van der Waals surface area contributed by atoms with E-state index in [0.29, 0.717) is 12.6 Å². The van der Waals surface area contributed by atoms with Gasteiger partial charge in [-0.15, -0.1) is 0 Å². The van der Waals surface area contributed by atoms with Gasteiger partial charge in [0.1, 0.15) is 12.1 Å². The molecule has 4 heteroatoms. The maximum Gasteiger partial charge on any atom is 0.132 e. The van der Waals surface area contributed by atoms with E-state index in [1.54, 1.807) is 12.5 Å². The minimum atomic E-state index is 0.665. The first-order chi connectivity index (χ1) is 6.42. The van der Waals surface area contributed by atoms with Gasteiger partial charge in [-0.2, -0.15) is 0 Å². The second-order valence-electron chi connectivity index (χ2n) is 3.28. The van der Waals surface area contributed by atoms with E-state index in [2.05, 4.69) is 14.9 Å². The highest BCUT2D eigenvalue weighted by atomic mass is 15.2. The normalized spacial score (nSPS) is 15.8. The van der Waals surface area contributed by atoms with E-state index < -0.39 is 0 Å². The fraction of sp³-hybridized carbons (Fsp3) is 0.556. The Morgan fingerprint density at radius 2 is 2.38 bits per heavy atom. The van der Waals surface area contributed by atoms with Gasteiger partial charge in [0.25, 0.3) is 0 Å². The molecule has 1 aliphatic rings. The lowest BCUT2D eigenvalue weighted by Crippen LogP contribution is -2.32. The summed E-state index contributed by atoms with van der Waals surface area (Å²) in [6.07, 6.45) is 5.89. The topological polar surface area (TPSA) is 55.0 Å². The van der Waals surface area contributed by atoms with Gasteiger partial charge in [-0.25, -0.2) is 9.97 Å². The van der Waals surface area contributed by atoms with Crippen LogP contribution in [0.3, 0.4) is 0 Å². The molecule has 1 aromatic heterocycles. The number of nitrogens with two attached hydrogens (primary N) is 1. The maximum atomic E-state index is 5.55. The van der Waals surface area contributed by atoms with Crippen LogP contribution in [-0.2, 0) is 0 Å². The van der Waals surface area contributed by atoms with Gasteiger partial charge in [0.2, 0.25) is 0 Å². The zero-order valence-electron chi connectivity index (χ0n) is 7.56. The smallest absolute Gasteiger partial charge is 0.132 e. The molecule has 2 rings (SSSR count). The largest absolute Gasteiger partial charge is 0.352 e. The molecule has 0 spiro atoms. The van der Waals surface area contributed by atoms with Gasteiger partial charge in [-0.1, -0.05) is 0 Å². The predicted octanol–water partition coefficient (Wildman–Crippen LogP) is 0.404. The summed E-state index contributed by atoms with van der Waals surface area (Å²) in [4.78, 5) is 10.4. The summed E-state index contributed by atoms with van der Waals surface area (Å²) in [5, 5.41) is 0. The molecule has 0 aromatic carbocycles. The number of hydrogen-bond acceptors (Lipinski definition) is 4. The molecule has 0 bridgehead atoms. The molecular formula is C9H14N4. The van der Waals surface area contributed by atoms with Crippen LogP contribution in [0.4, 0.5) is 5.82 Å². The first-order valence-electron chi connectivity index (χ1n) is 4.64. The highest BCUT2D eigenvalue weighted by Gasteiger charge is 2.29. The molecule has 0 amide bonds. The lowest BCUT2D eigenvalue weighted by atomic mass is 10.4. The van der Waals surface area contributed by atoms with Crippen LogP contribution in [0.25, 0.3) is 0 Å². The molecule has 2 N–H and O–H groups in total. The van der Waals surface area contributed by atoms with Crippen LogP contribution in [0.2, 0.25) is 0 Å². The van der Waals surface area contributed by atoms with Crippen LogP contribution < -0.4 is 10.6 Å². The number of rotatable bonds is 4. The van der Waals surface area contributed by atoms with Gasteiger partial charge in [-0.05, 0) is 18.9 Å². The van der Waals surface area contributed by atoms with E-state index in [1.165, 1.54) is 12.8 Å². The molecule has 0 unspecified atom stereocenters. The second-order valence-corrected chi connectivity index (χ2v) is 3.28. The molecule has 0 saturated heterocycles. The summed E-state index contributed by atoms with van der Waals surface area (Å²) in [7, 11) is 0. The Morgan fingerprint density at radius 1 is 1.54 bits per heavy atom. The quantitative estimate of drug-likeness (QED) is 0.725. The van der Waals surface area contributed by atoms with E-state index in [4.69, 9.17) is 5.73 Å². The van der Waals surface area contributed by atoms with Crippen LogP contribution in [0, 0.1) is 0 Å². The molecule has 1 heterocycles. The van der Waals surface area contributed by atoms with Gasteiger partial charge in [0, 0.05) is 25.3 Å². The fourth-order valence-corrected chi connectivity index (χ4v) is 1.46. The third-order valence-electron chi connectivity index (χ3n) is 2.22. The van der Waals surface area contributed by atoms with Crippen molar-refractivity contribution in [2.75, 3.05) is 18.0 Å². The Kier molecular flexibility index (Phi) is 2.40.